The summed E-state index contributed by atoms with van der Waals surface area (Å²) in [5.74, 6) is 0.278. The molecule has 88 valence electrons. The smallest absolute Gasteiger partial charge is 0.250 e. The maximum absolute atomic E-state index is 11.4. The first-order chi connectivity index (χ1) is 8.09. The first-order valence-corrected chi connectivity index (χ1v) is 5.24. The minimum absolute atomic E-state index is 0.442. The number of anilines is 1. The van der Waals surface area contributed by atoms with Crippen molar-refractivity contribution < 1.29 is 9.21 Å². The Morgan fingerprint density at radius 3 is 2.59 bits per heavy atom. The summed E-state index contributed by atoms with van der Waals surface area (Å²) in [7, 11) is 3.74. The van der Waals surface area contributed by atoms with Crippen molar-refractivity contribution in [3.63, 3.8) is 0 Å². The van der Waals surface area contributed by atoms with E-state index in [1.165, 1.54) is 0 Å². The van der Waals surface area contributed by atoms with Gasteiger partial charge in [-0.25, -0.2) is 0 Å². The fraction of sp³-hybridized carbons (Fsp3) is 0.154. The number of furan rings is 1. The minimum atomic E-state index is -0.442. The van der Waals surface area contributed by atoms with Gasteiger partial charge in [0.25, 0.3) is 5.91 Å². The zero-order valence-electron chi connectivity index (χ0n) is 9.81. The first-order valence-electron chi connectivity index (χ1n) is 5.24. The third kappa shape index (κ3) is 2.15. The van der Waals surface area contributed by atoms with E-state index >= 15 is 0 Å². The van der Waals surface area contributed by atoms with Gasteiger partial charge in [-0.05, 0) is 30.3 Å². The number of nitrogens with two attached hydrogens (primary N) is 1. The number of amides is 1. The van der Waals surface area contributed by atoms with E-state index in [2.05, 4.69) is 0 Å². The zero-order valence-corrected chi connectivity index (χ0v) is 9.81. The zero-order chi connectivity index (χ0) is 12.4. The third-order valence-electron chi connectivity index (χ3n) is 2.55. The number of carbonyl (C=O) groups excluding carboxylic acids is 1. The van der Waals surface area contributed by atoms with Gasteiger partial charge in [0.05, 0.1) is 11.8 Å². The van der Waals surface area contributed by atoms with E-state index in [9.17, 15) is 4.79 Å². The van der Waals surface area contributed by atoms with Crippen LogP contribution in [0.4, 0.5) is 5.69 Å². The Morgan fingerprint density at radius 2 is 2.06 bits per heavy atom. The highest BCUT2D eigenvalue weighted by atomic mass is 16.3. The molecule has 1 aromatic heterocycles. The molecule has 0 spiro atoms. The summed E-state index contributed by atoms with van der Waals surface area (Å²) >= 11 is 0. The van der Waals surface area contributed by atoms with Gasteiger partial charge in [0, 0.05) is 25.3 Å². The molecule has 1 amide bonds. The fourth-order valence-corrected chi connectivity index (χ4v) is 1.72. The maximum Gasteiger partial charge on any atom is 0.250 e. The molecule has 4 nitrogen and oxygen atoms in total. The van der Waals surface area contributed by atoms with E-state index < -0.39 is 5.91 Å². The molecule has 2 rings (SSSR count). The standard InChI is InChI=1S/C13H14N2O2/c1-15(2)11-6-5-9(8-10(11)13(14)16)12-4-3-7-17-12/h3-8H,1-2H3,(H2,14,16). The highest BCUT2D eigenvalue weighted by Crippen LogP contribution is 2.26. The van der Waals surface area contributed by atoms with E-state index in [1.54, 1.807) is 18.4 Å². The van der Waals surface area contributed by atoms with Crippen LogP contribution in [0.25, 0.3) is 11.3 Å². The normalized spacial score (nSPS) is 10.2. The van der Waals surface area contributed by atoms with Crippen LogP contribution >= 0.6 is 0 Å². The molecule has 0 fully saturated rings. The van der Waals surface area contributed by atoms with E-state index in [-0.39, 0.29) is 0 Å². The molecule has 4 heteroatoms. The van der Waals surface area contributed by atoms with Crippen LogP contribution in [0.3, 0.4) is 0 Å². The van der Waals surface area contributed by atoms with Crippen molar-refractivity contribution in [3.05, 3.63) is 42.2 Å². The lowest BCUT2D eigenvalue weighted by molar-refractivity contribution is 0.100. The minimum Gasteiger partial charge on any atom is -0.464 e. The van der Waals surface area contributed by atoms with Crippen molar-refractivity contribution in [1.29, 1.82) is 0 Å². The largest absolute Gasteiger partial charge is 0.464 e. The number of hydrogen-bond acceptors (Lipinski definition) is 3. The molecule has 0 atom stereocenters. The van der Waals surface area contributed by atoms with Crippen molar-refractivity contribution in [2.75, 3.05) is 19.0 Å². The number of benzene rings is 1. The summed E-state index contributed by atoms with van der Waals surface area (Å²) in [6.45, 7) is 0. The van der Waals surface area contributed by atoms with Crippen molar-refractivity contribution >= 4 is 11.6 Å². The lowest BCUT2D eigenvalue weighted by atomic mass is 10.1. The van der Waals surface area contributed by atoms with Gasteiger partial charge in [0.2, 0.25) is 0 Å². The lowest BCUT2D eigenvalue weighted by Gasteiger charge is -2.16. The molecule has 1 aromatic carbocycles. The molecular formula is C13H14N2O2. The Bertz CT molecular complexity index is 530. The van der Waals surface area contributed by atoms with E-state index in [0.29, 0.717) is 5.56 Å². The van der Waals surface area contributed by atoms with E-state index in [1.807, 2.05) is 37.2 Å². The third-order valence-corrected chi connectivity index (χ3v) is 2.55. The highest BCUT2D eigenvalue weighted by Gasteiger charge is 2.12. The van der Waals surface area contributed by atoms with Crippen molar-refractivity contribution in [3.8, 4) is 11.3 Å². The summed E-state index contributed by atoms with van der Waals surface area (Å²) in [5.41, 5.74) is 7.51. The van der Waals surface area contributed by atoms with Crippen LogP contribution in [0.1, 0.15) is 10.4 Å². The summed E-state index contributed by atoms with van der Waals surface area (Å²) < 4.78 is 5.29. The average Bonchev–Trinajstić information content (AvgIpc) is 2.81. The van der Waals surface area contributed by atoms with Crippen LogP contribution in [0.5, 0.6) is 0 Å². The van der Waals surface area contributed by atoms with Gasteiger partial charge < -0.3 is 15.1 Å². The maximum atomic E-state index is 11.4. The van der Waals surface area contributed by atoms with Gasteiger partial charge in [-0.15, -0.1) is 0 Å². The van der Waals surface area contributed by atoms with Crippen molar-refractivity contribution in [2.24, 2.45) is 5.73 Å². The topological polar surface area (TPSA) is 59.5 Å². The second kappa shape index (κ2) is 4.33. The molecule has 0 aliphatic carbocycles. The molecule has 0 aliphatic rings. The first kappa shape index (κ1) is 11.3. The number of rotatable bonds is 3. The molecule has 0 radical (unpaired) electrons. The lowest BCUT2D eigenvalue weighted by Crippen LogP contribution is -2.18. The molecule has 0 aliphatic heterocycles. The highest BCUT2D eigenvalue weighted by molar-refractivity contribution is 5.99. The average molecular weight is 230 g/mol. The van der Waals surface area contributed by atoms with E-state index in [4.69, 9.17) is 10.2 Å². The van der Waals surface area contributed by atoms with Gasteiger partial charge >= 0.3 is 0 Å². The van der Waals surface area contributed by atoms with Crippen molar-refractivity contribution in [1.82, 2.24) is 0 Å². The molecule has 0 bridgehead atoms. The second-order valence-corrected chi connectivity index (χ2v) is 3.97. The predicted molar refractivity (Wildman–Crippen MR) is 67.0 cm³/mol. The summed E-state index contributed by atoms with van der Waals surface area (Å²) in [5, 5.41) is 0. The summed E-state index contributed by atoms with van der Waals surface area (Å²) in [4.78, 5) is 13.3. The Balaban J connectivity index is 2.53. The van der Waals surface area contributed by atoms with Gasteiger partial charge in [-0.3, -0.25) is 4.79 Å². The second-order valence-electron chi connectivity index (χ2n) is 3.97. The molecule has 2 aromatic rings. The molecule has 17 heavy (non-hydrogen) atoms. The Hall–Kier alpha value is -2.23. The predicted octanol–water partition coefficient (Wildman–Crippen LogP) is 2.11. The number of primary amides is 1. The van der Waals surface area contributed by atoms with Gasteiger partial charge in [0.1, 0.15) is 5.76 Å². The van der Waals surface area contributed by atoms with E-state index in [0.717, 1.165) is 17.0 Å². The number of hydrogen-bond donors (Lipinski definition) is 1. The molecule has 2 N–H and O–H groups in total. The fourth-order valence-electron chi connectivity index (χ4n) is 1.72. The molecule has 0 unspecified atom stereocenters. The number of nitrogens with zero attached hydrogens (tertiary/aromatic N) is 1. The van der Waals surface area contributed by atoms with Gasteiger partial charge in [-0.1, -0.05) is 0 Å². The Kier molecular flexibility index (Phi) is 2.87. The quantitative estimate of drug-likeness (QED) is 0.878. The van der Waals surface area contributed by atoms with Crippen LogP contribution in [-0.2, 0) is 0 Å². The van der Waals surface area contributed by atoms with Crippen LogP contribution in [0, 0.1) is 0 Å². The molecular weight excluding hydrogens is 216 g/mol. The van der Waals surface area contributed by atoms with Gasteiger partial charge in [-0.2, -0.15) is 0 Å². The molecule has 1 heterocycles. The van der Waals surface area contributed by atoms with Crippen LogP contribution in [0.2, 0.25) is 0 Å². The van der Waals surface area contributed by atoms with Crippen LogP contribution in [0.15, 0.2) is 41.0 Å². The van der Waals surface area contributed by atoms with Gasteiger partial charge in [0.15, 0.2) is 0 Å². The van der Waals surface area contributed by atoms with Crippen molar-refractivity contribution in [2.45, 2.75) is 0 Å². The SMILES string of the molecule is CN(C)c1ccc(-c2ccco2)cc1C(N)=O. The molecule has 0 saturated heterocycles. The van der Waals surface area contributed by atoms with Crippen LogP contribution < -0.4 is 10.6 Å². The Labute approximate surface area is 99.6 Å². The Morgan fingerprint density at radius 1 is 1.29 bits per heavy atom. The summed E-state index contributed by atoms with van der Waals surface area (Å²) in [6.07, 6.45) is 1.60. The molecule has 0 saturated carbocycles. The number of carbonyl (C=O) groups is 1. The monoisotopic (exact) mass is 230 g/mol. The van der Waals surface area contributed by atoms with Crippen LogP contribution in [-0.4, -0.2) is 20.0 Å². The summed E-state index contributed by atoms with van der Waals surface area (Å²) in [6, 6.07) is 9.16.